The first-order valence-electron chi connectivity index (χ1n) is 6.39. The molecule has 1 rings (SSSR count). The zero-order valence-corrected chi connectivity index (χ0v) is 11.1. The van der Waals surface area contributed by atoms with Crippen LogP contribution in [0.5, 0.6) is 0 Å². The van der Waals surface area contributed by atoms with Gasteiger partial charge in [0, 0.05) is 24.7 Å². The van der Waals surface area contributed by atoms with Crippen LogP contribution in [0, 0.1) is 17.6 Å². The van der Waals surface area contributed by atoms with Crippen molar-refractivity contribution in [1.29, 1.82) is 0 Å². The largest absolute Gasteiger partial charge is 0.330 e. The first-order chi connectivity index (χ1) is 8.52. The van der Waals surface area contributed by atoms with Gasteiger partial charge in [0.2, 0.25) is 0 Å². The molecule has 0 amide bonds. The zero-order chi connectivity index (χ0) is 13.5. The third kappa shape index (κ3) is 5.10. The van der Waals surface area contributed by atoms with Crippen molar-refractivity contribution in [1.82, 2.24) is 4.90 Å². The summed E-state index contributed by atoms with van der Waals surface area (Å²) >= 11 is 0. The molecule has 0 fully saturated rings. The molecule has 2 nitrogen and oxygen atoms in total. The van der Waals surface area contributed by atoms with Crippen LogP contribution in [0.3, 0.4) is 0 Å². The van der Waals surface area contributed by atoms with Crippen molar-refractivity contribution in [3.63, 3.8) is 0 Å². The van der Waals surface area contributed by atoms with Gasteiger partial charge in [-0.1, -0.05) is 19.9 Å². The summed E-state index contributed by atoms with van der Waals surface area (Å²) in [6, 6.07) is 3.75. The van der Waals surface area contributed by atoms with Crippen molar-refractivity contribution >= 4 is 0 Å². The summed E-state index contributed by atoms with van der Waals surface area (Å²) in [6.45, 7) is 7.10. The van der Waals surface area contributed by atoms with Gasteiger partial charge >= 0.3 is 0 Å². The van der Waals surface area contributed by atoms with Crippen molar-refractivity contribution in [2.45, 2.75) is 26.8 Å². The molecule has 0 unspecified atom stereocenters. The molecular weight excluding hydrogens is 234 g/mol. The summed E-state index contributed by atoms with van der Waals surface area (Å²) in [7, 11) is 0. The van der Waals surface area contributed by atoms with Crippen molar-refractivity contribution in [3.05, 3.63) is 35.4 Å². The fourth-order valence-electron chi connectivity index (χ4n) is 1.96. The van der Waals surface area contributed by atoms with Crippen LogP contribution >= 0.6 is 0 Å². The molecule has 0 spiro atoms. The lowest BCUT2D eigenvalue weighted by molar-refractivity contribution is 0.231. The highest BCUT2D eigenvalue weighted by molar-refractivity contribution is 5.18. The van der Waals surface area contributed by atoms with Crippen LogP contribution in [0.1, 0.15) is 25.8 Å². The number of hydrogen-bond donors (Lipinski definition) is 1. The molecule has 2 N–H and O–H groups in total. The van der Waals surface area contributed by atoms with Crippen molar-refractivity contribution in [2.24, 2.45) is 11.7 Å². The minimum absolute atomic E-state index is 0.475. The molecule has 1 aromatic carbocycles. The first-order valence-corrected chi connectivity index (χ1v) is 6.39. The maximum atomic E-state index is 13.6. The highest BCUT2D eigenvalue weighted by Gasteiger charge is 2.11. The molecule has 0 bridgehead atoms. The van der Waals surface area contributed by atoms with Gasteiger partial charge < -0.3 is 5.73 Å². The predicted molar refractivity (Wildman–Crippen MR) is 70.1 cm³/mol. The average Bonchev–Trinajstić information content (AvgIpc) is 2.29. The fraction of sp³-hybridized carbons (Fsp3) is 0.571. The Morgan fingerprint density at radius 1 is 1.28 bits per heavy atom. The van der Waals surface area contributed by atoms with Crippen LogP contribution < -0.4 is 5.73 Å². The van der Waals surface area contributed by atoms with Crippen molar-refractivity contribution in [3.8, 4) is 0 Å². The third-order valence-corrected chi connectivity index (χ3v) is 2.71. The Bertz CT molecular complexity index is 367. The summed E-state index contributed by atoms with van der Waals surface area (Å²) in [6.07, 6.45) is 0.884. The molecule has 0 aliphatic heterocycles. The topological polar surface area (TPSA) is 29.3 Å². The molecule has 1 aromatic rings. The third-order valence-electron chi connectivity index (χ3n) is 2.71. The Balaban J connectivity index is 2.68. The van der Waals surface area contributed by atoms with E-state index in [1.165, 1.54) is 12.1 Å². The van der Waals surface area contributed by atoms with Gasteiger partial charge in [-0.15, -0.1) is 0 Å². The molecule has 18 heavy (non-hydrogen) atoms. The Morgan fingerprint density at radius 2 is 2.00 bits per heavy atom. The minimum atomic E-state index is -0.534. The Kier molecular flexibility index (Phi) is 6.22. The maximum Gasteiger partial charge on any atom is 0.130 e. The molecule has 0 heterocycles. The summed E-state index contributed by atoms with van der Waals surface area (Å²) in [4.78, 5) is 2.16. The molecular formula is C14H22F2N2. The normalized spacial score (nSPS) is 11.5. The van der Waals surface area contributed by atoms with E-state index in [1.807, 2.05) is 0 Å². The smallest absolute Gasteiger partial charge is 0.130 e. The molecule has 102 valence electrons. The quantitative estimate of drug-likeness (QED) is 0.813. The summed E-state index contributed by atoms with van der Waals surface area (Å²) in [5.41, 5.74) is 6.04. The van der Waals surface area contributed by atoms with Crippen LogP contribution in [0.15, 0.2) is 18.2 Å². The molecule has 0 aliphatic carbocycles. The number of hydrogen-bond acceptors (Lipinski definition) is 2. The predicted octanol–water partition coefficient (Wildman–Crippen LogP) is 2.77. The number of benzene rings is 1. The molecule has 0 aliphatic rings. The molecule has 0 saturated carbocycles. The maximum absolute atomic E-state index is 13.6. The van der Waals surface area contributed by atoms with Gasteiger partial charge in [0.15, 0.2) is 0 Å². The van der Waals surface area contributed by atoms with E-state index in [2.05, 4.69) is 18.7 Å². The van der Waals surface area contributed by atoms with E-state index in [-0.39, 0.29) is 0 Å². The molecule has 4 heteroatoms. The van der Waals surface area contributed by atoms with E-state index < -0.39 is 11.6 Å². The van der Waals surface area contributed by atoms with Crippen LogP contribution in [0.25, 0.3) is 0 Å². The van der Waals surface area contributed by atoms with Crippen LogP contribution in [-0.2, 0) is 6.54 Å². The summed E-state index contributed by atoms with van der Waals surface area (Å²) in [5.74, 6) is -0.503. The second-order valence-corrected chi connectivity index (χ2v) is 5.01. The highest BCUT2D eigenvalue weighted by Crippen LogP contribution is 2.13. The number of halogens is 2. The van der Waals surface area contributed by atoms with Gasteiger partial charge in [0.1, 0.15) is 11.6 Å². The monoisotopic (exact) mass is 256 g/mol. The van der Waals surface area contributed by atoms with Gasteiger partial charge in [-0.3, -0.25) is 4.90 Å². The van der Waals surface area contributed by atoms with E-state index in [0.29, 0.717) is 24.6 Å². The SMILES string of the molecule is CC(C)CN(CCCN)Cc1ccc(F)cc1F. The first kappa shape index (κ1) is 15.1. The molecule has 0 atom stereocenters. The molecule has 0 radical (unpaired) electrons. The molecule has 0 aromatic heterocycles. The second kappa shape index (κ2) is 7.44. The van der Waals surface area contributed by atoms with E-state index in [0.717, 1.165) is 25.6 Å². The Hall–Kier alpha value is -1.00. The van der Waals surface area contributed by atoms with E-state index in [4.69, 9.17) is 5.73 Å². The Labute approximate surface area is 108 Å². The van der Waals surface area contributed by atoms with Gasteiger partial charge in [-0.25, -0.2) is 8.78 Å². The summed E-state index contributed by atoms with van der Waals surface area (Å²) in [5, 5.41) is 0. The number of rotatable bonds is 7. The fourth-order valence-corrected chi connectivity index (χ4v) is 1.96. The lowest BCUT2D eigenvalue weighted by atomic mass is 10.1. The lowest BCUT2D eigenvalue weighted by Crippen LogP contribution is -2.30. The van der Waals surface area contributed by atoms with Gasteiger partial charge in [0.25, 0.3) is 0 Å². The lowest BCUT2D eigenvalue weighted by Gasteiger charge is -2.24. The van der Waals surface area contributed by atoms with Crippen LogP contribution in [-0.4, -0.2) is 24.5 Å². The van der Waals surface area contributed by atoms with Crippen LogP contribution in [0.2, 0.25) is 0 Å². The number of nitrogens with two attached hydrogens (primary N) is 1. The van der Waals surface area contributed by atoms with Crippen molar-refractivity contribution in [2.75, 3.05) is 19.6 Å². The van der Waals surface area contributed by atoms with Crippen LogP contribution in [0.4, 0.5) is 8.78 Å². The zero-order valence-electron chi connectivity index (χ0n) is 11.1. The molecule has 0 saturated heterocycles. The standard InChI is InChI=1S/C14H22F2N2/c1-11(2)9-18(7-3-6-17)10-12-4-5-13(15)8-14(12)16/h4-5,8,11H,3,6-7,9-10,17H2,1-2H3. The van der Waals surface area contributed by atoms with E-state index in [9.17, 15) is 8.78 Å². The minimum Gasteiger partial charge on any atom is -0.330 e. The van der Waals surface area contributed by atoms with Crippen molar-refractivity contribution < 1.29 is 8.78 Å². The second-order valence-electron chi connectivity index (χ2n) is 5.01. The van der Waals surface area contributed by atoms with E-state index >= 15 is 0 Å². The highest BCUT2D eigenvalue weighted by atomic mass is 19.1. The van der Waals surface area contributed by atoms with E-state index in [1.54, 1.807) is 0 Å². The van der Waals surface area contributed by atoms with Gasteiger partial charge in [-0.2, -0.15) is 0 Å². The van der Waals surface area contributed by atoms with Gasteiger partial charge in [0.05, 0.1) is 0 Å². The average molecular weight is 256 g/mol. The Morgan fingerprint density at radius 3 is 2.56 bits per heavy atom. The van der Waals surface area contributed by atoms with Gasteiger partial charge in [-0.05, 0) is 31.5 Å². The summed E-state index contributed by atoms with van der Waals surface area (Å²) < 4.78 is 26.4. The number of nitrogens with zero attached hydrogens (tertiary/aromatic N) is 1.